The third kappa shape index (κ3) is 6.67. The van der Waals surface area contributed by atoms with Gasteiger partial charge in [0.05, 0.1) is 19.6 Å². The van der Waals surface area contributed by atoms with Crippen LogP contribution in [0.4, 0.5) is 0 Å². The highest BCUT2D eigenvalue weighted by atomic mass is 16.6. The molecule has 6 nitrogen and oxygen atoms in total. The Morgan fingerprint density at radius 3 is 2.52 bits per heavy atom. The number of hydrogen-bond acceptors (Lipinski definition) is 6. The Kier molecular flexibility index (Phi) is 7.74. The molecular formula is C15H19NO5. The molecule has 6 heteroatoms. The Morgan fingerprint density at radius 2 is 1.90 bits per heavy atom. The number of esters is 1. The van der Waals surface area contributed by atoms with E-state index in [0.29, 0.717) is 6.61 Å². The maximum atomic E-state index is 11.8. The maximum Gasteiger partial charge on any atom is 0.356 e. The van der Waals surface area contributed by atoms with E-state index in [4.69, 9.17) is 9.47 Å². The summed E-state index contributed by atoms with van der Waals surface area (Å²) in [7, 11) is 1.30. The van der Waals surface area contributed by atoms with E-state index in [1.807, 2.05) is 30.3 Å². The summed E-state index contributed by atoms with van der Waals surface area (Å²) in [5.74, 6) is -0.925. The van der Waals surface area contributed by atoms with Crippen LogP contribution in [0.15, 0.2) is 35.5 Å². The van der Waals surface area contributed by atoms with Crippen LogP contribution >= 0.6 is 0 Å². The van der Waals surface area contributed by atoms with E-state index in [9.17, 15) is 9.59 Å². The fraction of sp³-hybridized carbons (Fsp3) is 0.400. The van der Waals surface area contributed by atoms with Crippen LogP contribution in [0.25, 0.3) is 0 Å². The molecule has 0 atom stereocenters. The van der Waals surface area contributed by atoms with E-state index >= 15 is 0 Å². The zero-order valence-electron chi connectivity index (χ0n) is 12.2. The van der Waals surface area contributed by atoms with E-state index in [1.54, 1.807) is 6.92 Å². The van der Waals surface area contributed by atoms with E-state index in [-0.39, 0.29) is 31.1 Å². The summed E-state index contributed by atoms with van der Waals surface area (Å²) in [6.07, 6.45) is -0.179. The molecule has 0 heterocycles. The number of oxime groups is 1. The number of nitrogens with zero attached hydrogens (tertiary/aromatic N) is 1. The Balaban J connectivity index is 2.40. The molecule has 1 aromatic rings. The Bertz CT molecular complexity index is 484. The summed E-state index contributed by atoms with van der Waals surface area (Å²) in [5.41, 5.74) is 0.911. The minimum Gasteiger partial charge on any atom is -0.461 e. The van der Waals surface area contributed by atoms with Crippen LogP contribution in [0.5, 0.6) is 0 Å². The van der Waals surface area contributed by atoms with Crippen molar-refractivity contribution < 1.29 is 23.9 Å². The molecule has 0 spiro atoms. The van der Waals surface area contributed by atoms with Crippen LogP contribution in [0.2, 0.25) is 0 Å². The van der Waals surface area contributed by atoms with Gasteiger partial charge in [-0.3, -0.25) is 4.79 Å². The van der Waals surface area contributed by atoms with E-state index in [0.717, 1.165) is 5.56 Å². The monoisotopic (exact) mass is 293 g/mol. The average molecular weight is 293 g/mol. The molecule has 0 bridgehead atoms. The normalized spacial score (nSPS) is 11.0. The summed E-state index contributed by atoms with van der Waals surface area (Å²) in [4.78, 5) is 27.8. The van der Waals surface area contributed by atoms with Gasteiger partial charge in [0, 0.05) is 0 Å². The molecule has 0 aromatic heterocycles. The molecule has 0 aliphatic heterocycles. The minimum absolute atomic E-state index is 0.0624. The zero-order chi connectivity index (χ0) is 15.5. The highest BCUT2D eigenvalue weighted by Gasteiger charge is 2.18. The van der Waals surface area contributed by atoms with Crippen LogP contribution in [0.1, 0.15) is 18.9 Å². The van der Waals surface area contributed by atoms with Gasteiger partial charge in [0.25, 0.3) is 0 Å². The summed E-state index contributed by atoms with van der Waals surface area (Å²) in [6.45, 7) is 2.12. The van der Waals surface area contributed by atoms with E-state index in [1.165, 1.54) is 7.11 Å². The molecule has 1 rings (SSSR count). The molecule has 0 amide bonds. The van der Waals surface area contributed by atoms with Crippen LogP contribution in [0.3, 0.4) is 0 Å². The number of benzene rings is 1. The van der Waals surface area contributed by atoms with Gasteiger partial charge >= 0.3 is 5.97 Å². The Morgan fingerprint density at radius 1 is 1.19 bits per heavy atom. The van der Waals surface area contributed by atoms with Crippen LogP contribution in [-0.4, -0.2) is 37.8 Å². The van der Waals surface area contributed by atoms with Crippen molar-refractivity contribution in [1.29, 1.82) is 0 Å². The predicted octanol–water partition coefficient (Wildman–Crippen LogP) is 1.73. The van der Waals surface area contributed by atoms with E-state index < -0.39 is 5.97 Å². The lowest BCUT2D eigenvalue weighted by atomic mass is 10.2. The maximum absolute atomic E-state index is 11.8. The van der Waals surface area contributed by atoms with Crippen molar-refractivity contribution >= 4 is 17.5 Å². The summed E-state index contributed by atoms with van der Waals surface area (Å²) in [6, 6.07) is 9.50. The molecule has 1 aromatic carbocycles. The molecule has 114 valence electrons. The van der Waals surface area contributed by atoms with Crippen molar-refractivity contribution in [3.8, 4) is 0 Å². The molecule has 21 heavy (non-hydrogen) atoms. The van der Waals surface area contributed by atoms with Crippen LogP contribution in [0, 0.1) is 0 Å². The summed E-state index contributed by atoms with van der Waals surface area (Å²) in [5, 5.41) is 3.51. The second-order valence-electron chi connectivity index (χ2n) is 4.13. The number of carbonyl (C=O) groups excluding carboxylic acids is 2. The second-order valence-corrected chi connectivity index (χ2v) is 4.13. The number of Topliss-reactive ketones (excluding diaryl/α,β-unsaturated/α-hetero) is 1. The number of ether oxygens (including phenoxy) is 2. The lowest BCUT2D eigenvalue weighted by molar-refractivity contribution is -0.136. The van der Waals surface area contributed by atoms with Gasteiger partial charge in [-0.1, -0.05) is 35.5 Å². The smallest absolute Gasteiger partial charge is 0.356 e. The van der Waals surface area contributed by atoms with Gasteiger partial charge in [-0.05, 0) is 12.5 Å². The first kappa shape index (κ1) is 16.8. The van der Waals surface area contributed by atoms with Gasteiger partial charge in [0.1, 0.15) is 13.7 Å². The van der Waals surface area contributed by atoms with Crippen LogP contribution in [-0.2, 0) is 30.5 Å². The fourth-order valence-corrected chi connectivity index (χ4v) is 1.56. The first-order valence-corrected chi connectivity index (χ1v) is 6.57. The molecule has 0 fully saturated rings. The molecule has 0 aliphatic rings. The van der Waals surface area contributed by atoms with Gasteiger partial charge in [0.2, 0.25) is 0 Å². The molecule has 0 N–H and O–H groups in total. The van der Waals surface area contributed by atoms with E-state index in [2.05, 4.69) is 9.99 Å². The SMILES string of the molecule is CCOC(=O)C(CC(=O)COCc1ccccc1)=NOC. The number of rotatable bonds is 9. The third-order valence-electron chi connectivity index (χ3n) is 2.45. The Hall–Kier alpha value is -2.21. The minimum atomic E-state index is -0.657. The van der Waals surface area contributed by atoms with Crippen molar-refractivity contribution in [2.75, 3.05) is 20.3 Å². The highest BCUT2D eigenvalue weighted by molar-refractivity contribution is 6.39. The lowest BCUT2D eigenvalue weighted by Gasteiger charge is -2.06. The van der Waals surface area contributed by atoms with Crippen molar-refractivity contribution in [3.63, 3.8) is 0 Å². The standard InChI is InChI=1S/C15H19NO5/c1-3-21-15(18)14(16-19-2)9-13(17)11-20-10-12-7-5-4-6-8-12/h4-8H,3,9-11H2,1-2H3. The summed E-state index contributed by atoms with van der Waals surface area (Å²) >= 11 is 0. The topological polar surface area (TPSA) is 74.2 Å². The Labute approximate surface area is 123 Å². The molecule has 0 radical (unpaired) electrons. The van der Waals surface area contributed by atoms with Gasteiger partial charge in [0.15, 0.2) is 11.5 Å². The first-order valence-electron chi connectivity index (χ1n) is 6.57. The largest absolute Gasteiger partial charge is 0.461 e. The fourth-order valence-electron chi connectivity index (χ4n) is 1.56. The van der Waals surface area contributed by atoms with Crippen LogP contribution < -0.4 is 0 Å². The van der Waals surface area contributed by atoms with Crippen molar-refractivity contribution in [2.45, 2.75) is 20.0 Å². The second kappa shape index (κ2) is 9.66. The van der Waals surface area contributed by atoms with Gasteiger partial charge < -0.3 is 14.3 Å². The van der Waals surface area contributed by atoms with Gasteiger partial charge in [-0.25, -0.2) is 4.79 Å². The molecule has 0 saturated carbocycles. The highest BCUT2D eigenvalue weighted by Crippen LogP contribution is 2.01. The van der Waals surface area contributed by atoms with Crippen molar-refractivity contribution in [3.05, 3.63) is 35.9 Å². The number of ketones is 1. The predicted molar refractivity (Wildman–Crippen MR) is 76.8 cm³/mol. The third-order valence-corrected chi connectivity index (χ3v) is 2.45. The van der Waals surface area contributed by atoms with Crippen molar-refractivity contribution in [2.24, 2.45) is 5.16 Å². The quantitative estimate of drug-likeness (QED) is 0.394. The molecular weight excluding hydrogens is 274 g/mol. The molecule has 0 unspecified atom stereocenters. The van der Waals surface area contributed by atoms with Gasteiger partial charge in [-0.15, -0.1) is 0 Å². The zero-order valence-corrected chi connectivity index (χ0v) is 12.2. The van der Waals surface area contributed by atoms with Crippen molar-refractivity contribution in [1.82, 2.24) is 0 Å². The first-order chi connectivity index (χ1) is 10.2. The molecule has 0 saturated heterocycles. The number of carbonyl (C=O) groups is 2. The van der Waals surface area contributed by atoms with Gasteiger partial charge in [-0.2, -0.15) is 0 Å². The lowest BCUT2D eigenvalue weighted by Crippen LogP contribution is -2.23. The number of hydrogen-bond donors (Lipinski definition) is 0. The molecule has 0 aliphatic carbocycles. The summed E-state index contributed by atoms with van der Waals surface area (Å²) < 4.78 is 10.1. The average Bonchev–Trinajstić information content (AvgIpc) is 2.48.